The van der Waals surface area contributed by atoms with Gasteiger partial charge in [0.15, 0.2) is 11.6 Å². The van der Waals surface area contributed by atoms with Crippen LogP contribution in [0.1, 0.15) is 5.56 Å². The molecule has 6 heteroatoms. The zero-order valence-electron chi connectivity index (χ0n) is 10.9. The van der Waals surface area contributed by atoms with Gasteiger partial charge >= 0.3 is 0 Å². The minimum atomic E-state index is -0.944. The Morgan fingerprint density at radius 2 is 1.86 bits per heavy atom. The summed E-state index contributed by atoms with van der Waals surface area (Å²) in [4.78, 5) is 12.1. The topological polar surface area (TPSA) is 29.1 Å². The summed E-state index contributed by atoms with van der Waals surface area (Å²) in [5, 5.41) is 2.63. The van der Waals surface area contributed by atoms with Crippen molar-refractivity contribution in [2.24, 2.45) is 0 Å². The third-order valence-corrected chi connectivity index (χ3v) is 3.63. The number of carbonyl (C=O) groups is 1. The number of halogens is 3. The lowest BCUT2D eigenvalue weighted by Gasteiger charge is -2.06. The highest BCUT2D eigenvalue weighted by Gasteiger charge is 2.06. The summed E-state index contributed by atoms with van der Waals surface area (Å²) < 4.78 is 38.7. The molecule has 2 aromatic carbocycles. The fourth-order valence-corrected chi connectivity index (χ4v) is 2.37. The summed E-state index contributed by atoms with van der Waals surface area (Å²) >= 11 is 1.10. The molecule has 110 valence electrons. The molecule has 0 heterocycles. The van der Waals surface area contributed by atoms with E-state index >= 15 is 0 Å². The molecule has 1 N–H and O–H groups in total. The molecule has 2 rings (SSSR count). The second-order valence-electron chi connectivity index (χ2n) is 4.27. The van der Waals surface area contributed by atoms with Gasteiger partial charge in [0.2, 0.25) is 5.91 Å². The predicted octanol–water partition coefficient (Wildman–Crippen LogP) is 3.51. The van der Waals surface area contributed by atoms with Crippen LogP contribution in [0.4, 0.5) is 13.2 Å². The fraction of sp³-hybridized carbons (Fsp3) is 0.133. The minimum absolute atomic E-state index is 0.0698. The van der Waals surface area contributed by atoms with Crippen LogP contribution in [0.25, 0.3) is 0 Å². The van der Waals surface area contributed by atoms with E-state index in [-0.39, 0.29) is 24.0 Å². The van der Waals surface area contributed by atoms with Gasteiger partial charge in [-0.1, -0.05) is 12.1 Å². The van der Waals surface area contributed by atoms with E-state index in [2.05, 4.69) is 5.32 Å². The van der Waals surface area contributed by atoms with Gasteiger partial charge in [-0.05, 0) is 35.9 Å². The third kappa shape index (κ3) is 4.82. The Labute approximate surface area is 124 Å². The number of benzene rings is 2. The number of nitrogens with one attached hydrogen (secondary N) is 1. The molecular formula is C15H12F3NOS. The number of thioether (sulfide) groups is 1. The largest absolute Gasteiger partial charge is 0.351 e. The molecule has 21 heavy (non-hydrogen) atoms. The van der Waals surface area contributed by atoms with Crippen LogP contribution in [-0.4, -0.2) is 11.7 Å². The second-order valence-corrected chi connectivity index (χ2v) is 5.32. The standard InChI is InChI=1S/C15H12F3NOS/c16-11-3-1-2-10(6-11)8-19-15(20)9-21-12-4-5-13(17)14(18)7-12/h1-7H,8-9H2,(H,19,20). The lowest BCUT2D eigenvalue weighted by molar-refractivity contribution is -0.118. The molecule has 0 aliphatic carbocycles. The molecule has 2 nitrogen and oxygen atoms in total. The van der Waals surface area contributed by atoms with Gasteiger partial charge in [-0.2, -0.15) is 0 Å². The zero-order valence-corrected chi connectivity index (χ0v) is 11.7. The average Bonchev–Trinajstić information content (AvgIpc) is 2.46. The van der Waals surface area contributed by atoms with E-state index in [9.17, 15) is 18.0 Å². The molecule has 0 saturated carbocycles. The van der Waals surface area contributed by atoms with Crippen molar-refractivity contribution < 1.29 is 18.0 Å². The maximum Gasteiger partial charge on any atom is 0.230 e. The molecule has 0 saturated heterocycles. The summed E-state index contributed by atoms with van der Waals surface area (Å²) in [6.07, 6.45) is 0. The Morgan fingerprint density at radius 3 is 2.57 bits per heavy atom. The smallest absolute Gasteiger partial charge is 0.230 e. The molecule has 0 radical (unpaired) electrons. The van der Waals surface area contributed by atoms with Gasteiger partial charge in [-0.15, -0.1) is 11.8 Å². The van der Waals surface area contributed by atoms with Crippen molar-refractivity contribution in [2.45, 2.75) is 11.4 Å². The van der Waals surface area contributed by atoms with Gasteiger partial charge in [-0.25, -0.2) is 13.2 Å². The number of rotatable bonds is 5. The first-order valence-electron chi connectivity index (χ1n) is 6.13. The minimum Gasteiger partial charge on any atom is -0.351 e. The lowest BCUT2D eigenvalue weighted by atomic mass is 10.2. The van der Waals surface area contributed by atoms with Crippen LogP contribution in [0.2, 0.25) is 0 Å². The monoisotopic (exact) mass is 311 g/mol. The highest BCUT2D eigenvalue weighted by atomic mass is 32.2. The number of amides is 1. The van der Waals surface area contributed by atoms with Gasteiger partial charge in [0.05, 0.1) is 5.75 Å². The molecule has 0 atom stereocenters. The molecule has 2 aromatic rings. The van der Waals surface area contributed by atoms with Crippen LogP contribution >= 0.6 is 11.8 Å². The van der Waals surface area contributed by atoms with Crippen molar-refractivity contribution >= 4 is 17.7 Å². The maximum absolute atomic E-state index is 13.0. The number of hydrogen-bond donors (Lipinski definition) is 1. The van der Waals surface area contributed by atoms with Crippen LogP contribution in [0.3, 0.4) is 0 Å². The normalized spacial score (nSPS) is 10.4. The second kappa shape index (κ2) is 7.17. The van der Waals surface area contributed by atoms with Crippen LogP contribution in [0.15, 0.2) is 47.4 Å². The molecular weight excluding hydrogens is 299 g/mol. The summed E-state index contributed by atoms with van der Waals surface area (Å²) in [6.45, 7) is 0.217. The quantitative estimate of drug-likeness (QED) is 0.856. The average molecular weight is 311 g/mol. The van der Waals surface area contributed by atoms with Crippen molar-refractivity contribution in [3.05, 3.63) is 65.5 Å². The molecule has 0 spiro atoms. The van der Waals surface area contributed by atoms with Crippen LogP contribution in [0.5, 0.6) is 0 Å². The summed E-state index contributed by atoms with van der Waals surface area (Å²) in [5.74, 6) is -2.43. The zero-order chi connectivity index (χ0) is 15.2. The molecule has 0 bridgehead atoms. The maximum atomic E-state index is 13.0. The van der Waals surface area contributed by atoms with E-state index in [0.29, 0.717) is 10.5 Å². The lowest BCUT2D eigenvalue weighted by Crippen LogP contribution is -2.24. The van der Waals surface area contributed by atoms with Gasteiger partial charge < -0.3 is 5.32 Å². The first-order valence-corrected chi connectivity index (χ1v) is 7.12. The van der Waals surface area contributed by atoms with Crippen LogP contribution in [-0.2, 0) is 11.3 Å². The van der Waals surface area contributed by atoms with Crippen molar-refractivity contribution in [3.63, 3.8) is 0 Å². The molecule has 0 aliphatic heterocycles. The molecule has 0 aliphatic rings. The molecule has 0 fully saturated rings. The van der Waals surface area contributed by atoms with E-state index in [1.54, 1.807) is 12.1 Å². The summed E-state index contributed by atoms with van der Waals surface area (Å²) in [6, 6.07) is 9.39. The Balaban J connectivity index is 1.80. The van der Waals surface area contributed by atoms with Crippen LogP contribution < -0.4 is 5.32 Å². The van der Waals surface area contributed by atoms with Crippen molar-refractivity contribution in [2.75, 3.05) is 5.75 Å². The first-order chi connectivity index (χ1) is 10.0. The predicted molar refractivity (Wildman–Crippen MR) is 75.3 cm³/mol. The Morgan fingerprint density at radius 1 is 1.05 bits per heavy atom. The number of carbonyl (C=O) groups excluding carboxylic acids is 1. The van der Waals surface area contributed by atoms with Gasteiger partial charge in [-0.3, -0.25) is 4.79 Å². The van der Waals surface area contributed by atoms with Crippen molar-refractivity contribution in [1.82, 2.24) is 5.32 Å². The Kier molecular flexibility index (Phi) is 5.27. The third-order valence-electron chi connectivity index (χ3n) is 2.64. The van der Waals surface area contributed by atoms with E-state index in [0.717, 1.165) is 23.9 Å². The van der Waals surface area contributed by atoms with E-state index in [4.69, 9.17) is 0 Å². The molecule has 0 aromatic heterocycles. The molecule has 1 amide bonds. The summed E-state index contributed by atoms with van der Waals surface area (Å²) in [7, 11) is 0. The van der Waals surface area contributed by atoms with Crippen molar-refractivity contribution in [1.29, 1.82) is 0 Å². The van der Waals surface area contributed by atoms with Crippen molar-refractivity contribution in [3.8, 4) is 0 Å². The van der Waals surface area contributed by atoms with Crippen LogP contribution in [0, 0.1) is 17.5 Å². The Bertz CT molecular complexity index is 649. The van der Waals surface area contributed by atoms with E-state index < -0.39 is 11.6 Å². The highest BCUT2D eigenvalue weighted by molar-refractivity contribution is 8.00. The van der Waals surface area contributed by atoms with Gasteiger partial charge in [0.25, 0.3) is 0 Å². The number of hydrogen-bond acceptors (Lipinski definition) is 2. The van der Waals surface area contributed by atoms with Gasteiger partial charge in [0.1, 0.15) is 5.82 Å². The Hall–Kier alpha value is -1.95. The molecule has 0 unspecified atom stereocenters. The first kappa shape index (κ1) is 15.4. The van der Waals surface area contributed by atoms with E-state index in [1.807, 2.05) is 0 Å². The fourth-order valence-electron chi connectivity index (χ4n) is 1.61. The van der Waals surface area contributed by atoms with E-state index in [1.165, 1.54) is 18.2 Å². The summed E-state index contributed by atoms with van der Waals surface area (Å²) in [5.41, 5.74) is 0.654. The highest BCUT2D eigenvalue weighted by Crippen LogP contribution is 2.20. The van der Waals surface area contributed by atoms with Gasteiger partial charge in [0, 0.05) is 11.4 Å². The SMILES string of the molecule is O=C(CSc1ccc(F)c(F)c1)NCc1cccc(F)c1.